The van der Waals surface area contributed by atoms with E-state index in [-0.39, 0.29) is 5.78 Å². The van der Waals surface area contributed by atoms with Crippen LogP contribution in [-0.2, 0) is 17.6 Å². The van der Waals surface area contributed by atoms with Crippen molar-refractivity contribution in [3.63, 3.8) is 0 Å². The highest BCUT2D eigenvalue weighted by Crippen LogP contribution is 2.30. The van der Waals surface area contributed by atoms with Gasteiger partial charge < -0.3 is 10.2 Å². The lowest BCUT2D eigenvalue weighted by molar-refractivity contribution is -0.112. The summed E-state index contributed by atoms with van der Waals surface area (Å²) in [5.74, 6) is 0.697. The van der Waals surface area contributed by atoms with Crippen LogP contribution < -0.4 is 0 Å². The maximum absolute atomic E-state index is 13.1. The smallest absolute Gasteiger partial charge is 0.185 e. The number of aromatic hydroxyl groups is 2. The first-order chi connectivity index (χ1) is 16.0. The van der Waals surface area contributed by atoms with Gasteiger partial charge in [-0.2, -0.15) is 0 Å². The Labute approximate surface area is 198 Å². The number of carbonyl (C=O) groups is 1. The Balaban J connectivity index is 1.73. The second-order valence-electron chi connectivity index (χ2n) is 9.21. The summed E-state index contributed by atoms with van der Waals surface area (Å²) in [5.41, 5.74) is 5.24. The number of unbranched alkanes of at least 4 members (excludes halogenated alkanes) is 4. The molecule has 2 aromatic rings. The Morgan fingerprint density at radius 2 is 1.18 bits per heavy atom. The molecule has 176 valence electrons. The molecular weight excluding hydrogens is 408 g/mol. The van der Waals surface area contributed by atoms with Crippen LogP contribution in [0.5, 0.6) is 11.5 Å². The third-order valence-corrected chi connectivity index (χ3v) is 6.48. The summed E-state index contributed by atoms with van der Waals surface area (Å²) < 4.78 is 0. The van der Waals surface area contributed by atoms with Crippen molar-refractivity contribution in [3.05, 3.63) is 69.8 Å². The maximum Gasteiger partial charge on any atom is 0.185 e. The fourth-order valence-electron chi connectivity index (χ4n) is 4.48. The van der Waals surface area contributed by atoms with E-state index in [0.717, 1.165) is 104 Å². The standard InChI is InChI=1S/C30H38O3/c1-3-5-7-10-24-16-14-22(20-28(24)31)18-26-12-9-13-27(30(26)33)19-23-15-17-25(29(32)21-23)11-8-6-4-2/h14-21,31-32H,3-13H2,1-2H3/b26-18+,27-19+. The molecule has 2 N–H and O–H groups in total. The van der Waals surface area contributed by atoms with Crippen molar-refractivity contribution in [3.8, 4) is 11.5 Å². The Morgan fingerprint density at radius 3 is 1.58 bits per heavy atom. The summed E-state index contributed by atoms with van der Waals surface area (Å²) in [7, 11) is 0. The summed E-state index contributed by atoms with van der Waals surface area (Å²) in [4.78, 5) is 13.1. The van der Waals surface area contributed by atoms with E-state index in [0.29, 0.717) is 11.5 Å². The van der Waals surface area contributed by atoms with Gasteiger partial charge in [0.05, 0.1) is 0 Å². The number of hydrogen-bond acceptors (Lipinski definition) is 3. The Kier molecular flexibility index (Phi) is 9.35. The lowest BCUT2D eigenvalue weighted by Crippen LogP contribution is -2.12. The lowest BCUT2D eigenvalue weighted by Gasteiger charge is -2.17. The van der Waals surface area contributed by atoms with Crippen molar-refractivity contribution in [2.24, 2.45) is 0 Å². The van der Waals surface area contributed by atoms with E-state index in [1.165, 1.54) is 0 Å². The van der Waals surface area contributed by atoms with Crippen LogP contribution in [0, 0.1) is 0 Å². The monoisotopic (exact) mass is 446 g/mol. The van der Waals surface area contributed by atoms with Gasteiger partial charge in [-0.1, -0.05) is 63.8 Å². The van der Waals surface area contributed by atoms with Crippen LogP contribution in [0.15, 0.2) is 47.5 Å². The lowest BCUT2D eigenvalue weighted by atomic mass is 9.86. The molecule has 0 bridgehead atoms. The van der Waals surface area contributed by atoms with Crippen molar-refractivity contribution in [1.82, 2.24) is 0 Å². The molecule has 1 aliphatic carbocycles. The van der Waals surface area contributed by atoms with E-state index in [4.69, 9.17) is 0 Å². The molecule has 2 aromatic carbocycles. The molecule has 0 heterocycles. The van der Waals surface area contributed by atoms with Gasteiger partial charge in [0.2, 0.25) is 0 Å². The topological polar surface area (TPSA) is 57.5 Å². The zero-order valence-corrected chi connectivity index (χ0v) is 20.2. The van der Waals surface area contributed by atoms with Gasteiger partial charge in [0.1, 0.15) is 11.5 Å². The number of hydrogen-bond donors (Lipinski definition) is 2. The minimum atomic E-state index is 0.0688. The number of carbonyl (C=O) groups excluding carboxylic acids is 1. The zero-order valence-electron chi connectivity index (χ0n) is 20.2. The highest BCUT2D eigenvalue weighted by molar-refractivity contribution is 6.14. The molecule has 3 rings (SSSR count). The second kappa shape index (κ2) is 12.4. The van der Waals surface area contributed by atoms with Crippen LogP contribution in [0.2, 0.25) is 0 Å². The van der Waals surface area contributed by atoms with E-state index in [1.54, 1.807) is 12.1 Å². The Morgan fingerprint density at radius 1 is 0.727 bits per heavy atom. The molecule has 0 atom stereocenters. The molecule has 0 aliphatic heterocycles. The number of ketones is 1. The highest BCUT2D eigenvalue weighted by Gasteiger charge is 2.20. The predicted octanol–water partition coefficient (Wildman–Crippen LogP) is 7.78. The molecule has 0 unspecified atom stereocenters. The number of Topliss-reactive ketones (excluding diaryl/α,β-unsaturated/α-hetero) is 1. The first kappa shape index (κ1) is 24.8. The van der Waals surface area contributed by atoms with Crippen LogP contribution in [0.4, 0.5) is 0 Å². The second-order valence-corrected chi connectivity index (χ2v) is 9.21. The first-order valence-corrected chi connectivity index (χ1v) is 12.6. The normalized spacial score (nSPS) is 16.6. The number of phenols is 2. The van der Waals surface area contributed by atoms with Crippen LogP contribution >= 0.6 is 0 Å². The minimum Gasteiger partial charge on any atom is -0.508 e. The quantitative estimate of drug-likeness (QED) is 0.289. The average Bonchev–Trinajstić information content (AvgIpc) is 2.79. The molecule has 3 heteroatoms. The van der Waals surface area contributed by atoms with E-state index in [1.807, 2.05) is 36.4 Å². The number of rotatable bonds is 10. The molecular formula is C30H38O3. The number of phenolic OH excluding ortho intramolecular Hbond substituents is 2. The molecule has 1 saturated carbocycles. The summed E-state index contributed by atoms with van der Waals surface area (Å²) in [6.45, 7) is 4.34. The molecule has 0 amide bonds. The van der Waals surface area contributed by atoms with Crippen molar-refractivity contribution >= 4 is 17.9 Å². The first-order valence-electron chi connectivity index (χ1n) is 12.6. The minimum absolute atomic E-state index is 0.0688. The summed E-state index contributed by atoms with van der Waals surface area (Å²) in [5, 5.41) is 20.8. The molecule has 0 saturated heterocycles. The highest BCUT2D eigenvalue weighted by atomic mass is 16.3. The fourth-order valence-corrected chi connectivity index (χ4v) is 4.48. The zero-order chi connectivity index (χ0) is 23.6. The predicted molar refractivity (Wildman–Crippen MR) is 137 cm³/mol. The third kappa shape index (κ3) is 7.08. The van der Waals surface area contributed by atoms with Crippen LogP contribution in [0.3, 0.4) is 0 Å². The van der Waals surface area contributed by atoms with Crippen molar-refractivity contribution < 1.29 is 15.0 Å². The molecule has 1 aliphatic rings. The van der Waals surface area contributed by atoms with E-state index in [2.05, 4.69) is 13.8 Å². The van der Waals surface area contributed by atoms with E-state index >= 15 is 0 Å². The van der Waals surface area contributed by atoms with Crippen LogP contribution in [-0.4, -0.2) is 16.0 Å². The molecule has 1 fully saturated rings. The fraction of sp³-hybridized carbons (Fsp3) is 0.433. The van der Waals surface area contributed by atoms with Crippen LogP contribution in [0.1, 0.15) is 93.9 Å². The van der Waals surface area contributed by atoms with Crippen molar-refractivity contribution in [2.45, 2.75) is 84.5 Å². The van der Waals surface area contributed by atoms with E-state index < -0.39 is 0 Å². The van der Waals surface area contributed by atoms with E-state index in [9.17, 15) is 15.0 Å². The van der Waals surface area contributed by atoms with Crippen LogP contribution in [0.25, 0.3) is 12.2 Å². The van der Waals surface area contributed by atoms with Gasteiger partial charge in [-0.3, -0.25) is 4.79 Å². The number of aryl methyl sites for hydroxylation is 2. The molecule has 0 radical (unpaired) electrons. The van der Waals surface area contributed by atoms with Gasteiger partial charge in [0.25, 0.3) is 0 Å². The average molecular weight is 447 g/mol. The summed E-state index contributed by atoms with van der Waals surface area (Å²) >= 11 is 0. The van der Waals surface area contributed by atoms with Gasteiger partial charge in [-0.25, -0.2) is 0 Å². The van der Waals surface area contributed by atoms with Crippen molar-refractivity contribution in [2.75, 3.05) is 0 Å². The van der Waals surface area contributed by atoms with Gasteiger partial charge in [-0.15, -0.1) is 0 Å². The Bertz CT molecular complexity index is 934. The molecule has 0 spiro atoms. The van der Waals surface area contributed by atoms with Gasteiger partial charge in [0, 0.05) is 11.1 Å². The van der Waals surface area contributed by atoms with Crippen molar-refractivity contribution in [1.29, 1.82) is 0 Å². The third-order valence-electron chi connectivity index (χ3n) is 6.48. The molecule has 3 nitrogen and oxygen atoms in total. The number of allylic oxidation sites excluding steroid dienone is 2. The van der Waals surface area contributed by atoms with Gasteiger partial charge in [-0.05, 0) is 91.5 Å². The maximum atomic E-state index is 13.1. The summed E-state index contributed by atoms with van der Waals surface area (Å²) in [6.07, 6.45) is 14.8. The SMILES string of the molecule is CCCCCc1ccc(/C=C2\CCC/C(=C\c3ccc(CCCCC)c(O)c3)C2=O)cc1O. The summed E-state index contributed by atoms with van der Waals surface area (Å²) in [6, 6.07) is 11.5. The van der Waals surface area contributed by atoms with Gasteiger partial charge >= 0.3 is 0 Å². The molecule has 33 heavy (non-hydrogen) atoms. The number of benzene rings is 2. The van der Waals surface area contributed by atoms with Gasteiger partial charge in [0.15, 0.2) is 5.78 Å². The largest absolute Gasteiger partial charge is 0.508 e. The molecule has 0 aromatic heterocycles. The Hall–Kier alpha value is -2.81.